The molecule has 2 saturated heterocycles. The van der Waals surface area contributed by atoms with Gasteiger partial charge in [-0.2, -0.15) is 0 Å². The molecule has 29 heavy (non-hydrogen) atoms. The van der Waals surface area contributed by atoms with Crippen LogP contribution in [-0.4, -0.2) is 59.0 Å². The van der Waals surface area contributed by atoms with Crippen LogP contribution >= 0.6 is 0 Å². The molecular weight excluding hydrogens is 366 g/mol. The first-order valence-corrected chi connectivity index (χ1v) is 10.9. The van der Waals surface area contributed by atoms with Gasteiger partial charge in [0.1, 0.15) is 11.9 Å². The lowest BCUT2D eigenvalue weighted by atomic mass is 10.0. The predicted molar refractivity (Wildman–Crippen MR) is 111 cm³/mol. The van der Waals surface area contributed by atoms with Crippen LogP contribution in [0.4, 0.5) is 0 Å². The second kappa shape index (κ2) is 7.39. The van der Waals surface area contributed by atoms with Crippen LogP contribution in [0.25, 0.3) is 10.9 Å². The number of hydrogen-bond donors (Lipinski definition) is 0. The van der Waals surface area contributed by atoms with Crippen LogP contribution in [0, 0.1) is 11.8 Å². The molecule has 1 aliphatic carbocycles. The fourth-order valence-corrected chi connectivity index (χ4v) is 4.70. The molecule has 3 heterocycles. The van der Waals surface area contributed by atoms with Gasteiger partial charge < -0.3 is 19.1 Å². The van der Waals surface area contributed by atoms with Crippen molar-refractivity contribution < 1.29 is 14.3 Å². The van der Waals surface area contributed by atoms with Crippen molar-refractivity contribution in [2.75, 3.05) is 26.7 Å². The zero-order valence-electron chi connectivity index (χ0n) is 17.0. The standard InChI is InChI=1S/C23H29N3O3/c1-24-15-17(13-22(24)27)23(28)25-10-7-18(8-11-25)29-21-4-2-3-20-19(21)9-12-26(20)14-16-5-6-16/h2-4,9,12,16-18H,5-8,10-11,13-15H2,1H3. The normalized spacial score (nSPS) is 23.2. The number of amides is 2. The van der Waals surface area contributed by atoms with Gasteiger partial charge in [-0.05, 0) is 37.0 Å². The summed E-state index contributed by atoms with van der Waals surface area (Å²) in [7, 11) is 1.77. The molecule has 0 N–H and O–H groups in total. The van der Waals surface area contributed by atoms with Crippen molar-refractivity contribution in [3.8, 4) is 5.75 Å². The summed E-state index contributed by atoms with van der Waals surface area (Å²) in [5.41, 5.74) is 1.25. The van der Waals surface area contributed by atoms with E-state index in [2.05, 4.69) is 35.0 Å². The maximum Gasteiger partial charge on any atom is 0.227 e. The first kappa shape index (κ1) is 18.5. The number of aromatic nitrogens is 1. The quantitative estimate of drug-likeness (QED) is 0.782. The van der Waals surface area contributed by atoms with E-state index in [1.165, 1.54) is 23.7 Å². The van der Waals surface area contributed by atoms with Crippen LogP contribution in [-0.2, 0) is 16.1 Å². The molecule has 1 aromatic heterocycles. The number of rotatable bonds is 5. The van der Waals surface area contributed by atoms with Crippen LogP contribution in [0.3, 0.4) is 0 Å². The molecule has 1 aromatic carbocycles. The Morgan fingerprint density at radius 1 is 1.14 bits per heavy atom. The summed E-state index contributed by atoms with van der Waals surface area (Å²) in [4.78, 5) is 28.0. The summed E-state index contributed by atoms with van der Waals surface area (Å²) in [5, 5.41) is 1.18. The lowest BCUT2D eigenvalue weighted by Crippen LogP contribution is -2.44. The summed E-state index contributed by atoms with van der Waals surface area (Å²) in [6.45, 7) is 3.06. The molecule has 6 nitrogen and oxygen atoms in total. The fraction of sp³-hybridized carbons (Fsp3) is 0.565. The molecular formula is C23H29N3O3. The lowest BCUT2D eigenvalue weighted by Gasteiger charge is -2.33. The second-order valence-electron chi connectivity index (χ2n) is 8.92. The van der Waals surface area contributed by atoms with Gasteiger partial charge in [0.25, 0.3) is 0 Å². The van der Waals surface area contributed by atoms with Gasteiger partial charge >= 0.3 is 0 Å². The van der Waals surface area contributed by atoms with Crippen molar-refractivity contribution in [2.45, 2.75) is 44.8 Å². The molecule has 1 unspecified atom stereocenters. The van der Waals surface area contributed by atoms with Crippen molar-refractivity contribution in [1.82, 2.24) is 14.4 Å². The van der Waals surface area contributed by atoms with Crippen molar-refractivity contribution in [2.24, 2.45) is 11.8 Å². The molecule has 3 aliphatic rings. The molecule has 2 aromatic rings. The fourth-order valence-electron chi connectivity index (χ4n) is 4.70. The van der Waals surface area contributed by atoms with Gasteiger partial charge in [0.05, 0.1) is 11.4 Å². The summed E-state index contributed by atoms with van der Waals surface area (Å²) in [6.07, 6.45) is 7.02. The van der Waals surface area contributed by atoms with E-state index < -0.39 is 0 Å². The highest BCUT2D eigenvalue weighted by Crippen LogP contribution is 2.34. The second-order valence-corrected chi connectivity index (χ2v) is 8.92. The Morgan fingerprint density at radius 3 is 2.62 bits per heavy atom. The number of carbonyl (C=O) groups excluding carboxylic acids is 2. The number of piperidine rings is 1. The average Bonchev–Trinajstić information content (AvgIpc) is 3.36. The minimum Gasteiger partial charge on any atom is -0.490 e. The highest BCUT2D eigenvalue weighted by Gasteiger charge is 2.36. The summed E-state index contributed by atoms with van der Waals surface area (Å²) in [6, 6.07) is 8.47. The van der Waals surface area contributed by atoms with Gasteiger partial charge in [-0.3, -0.25) is 9.59 Å². The summed E-state index contributed by atoms with van der Waals surface area (Å²) < 4.78 is 8.72. The minimum absolute atomic E-state index is 0.0725. The van der Waals surface area contributed by atoms with Crippen LogP contribution in [0.15, 0.2) is 30.5 Å². The Hall–Kier alpha value is -2.50. The third kappa shape index (κ3) is 3.72. The Kier molecular flexibility index (Phi) is 4.72. The Balaban J connectivity index is 1.20. The first-order valence-electron chi connectivity index (χ1n) is 10.9. The van der Waals surface area contributed by atoms with E-state index in [1.807, 2.05) is 4.90 Å². The molecule has 2 aliphatic heterocycles. The molecule has 1 saturated carbocycles. The predicted octanol–water partition coefficient (Wildman–Crippen LogP) is 2.90. The van der Waals surface area contributed by atoms with Crippen LogP contribution < -0.4 is 4.74 Å². The zero-order chi connectivity index (χ0) is 20.0. The smallest absolute Gasteiger partial charge is 0.227 e. The van der Waals surface area contributed by atoms with Crippen molar-refractivity contribution >= 4 is 22.7 Å². The van der Waals surface area contributed by atoms with E-state index in [-0.39, 0.29) is 23.8 Å². The van der Waals surface area contributed by atoms with E-state index in [4.69, 9.17) is 4.74 Å². The van der Waals surface area contributed by atoms with Gasteiger partial charge in [0.2, 0.25) is 11.8 Å². The zero-order valence-corrected chi connectivity index (χ0v) is 17.0. The number of likely N-dealkylation sites (tertiary alicyclic amines) is 2. The average molecular weight is 396 g/mol. The van der Waals surface area contributed by atoms with E-state index in [1.54, 1.807) is 11.9 Å². The van der Waals surface area contributed by atoms with E-state index in [0.717, 1.165) is 31.1 Å². The number of nitrogens with zero attached hydrogens (tertiary/aromatic N) is 3. The van der Waals surface area contributed by atoms with E-state index in [0.29, 0.717) is 26.1 Å². The molecule has 6 heteroatoms. The van der Waals surface area contributed by atoms with Gasteiger partial charge in [-0.1, -0.05) is 6.07 Å². The highest BCUT2D eigenvalue weighted by atomic mass is 16.5. The van der Waals surface area contributed by atoms with Gasteiger partial charge in [-0.15, -0.1) is 0 Å². The molecule has 154 valence electrons. The third-order valence-electron chi connectivity index (χ3n) is 6.66. The molecule has 5 rings (SSSR count). The molecule has 0 spiro atoms. The lowest BCUT2D eigenvalue weighted by molar-refractivity contribution is -0.137. The topological polar surface area (TPSA) is 54.8 Å². The van der Waals surface area contributed by atoms with Crippen molar-refractivity contribution in [3.05, 3.63) is 30.5 Å². The maximum atomic E-state index is 12.7. The Bertz CT molecular complexity index is 925. The number of fused-ring (bicyclic) bond motifs is 1. The van der Waals surface area contributed by atoms with Gasteiger partial charge in [0, 0.05) is 64.1 Å². The molecule has 3 fully saturated rings. The van der Waals surface area contributed by atoms with Crippen LogP contribution in [0.2, 0.25) is 0 Å². The monoisotopic (exact) mass is 395 g/mol. The maximum absolute atomic E-state index is 12.7. The SMILES string of the molecule is CN1CC(C(=O)N2CCC(Oc3cccc4c3ccn4CC3CC3)CC2)CC1=O. The Morgan fingerprint density at radius 2 is 1.93 bits per heavy atom. The Labute approximate surface area is 171 Å². The molecule has 2 amide bonds. The number of benzene rings is 1. The molecule has 1 atom stereocenters. The number of hydrogen-bond acceptors (Lipinski definition) is 3. The third-order valence-corrected chi connectivity index (χ3v) is 6.66. The van der Waals surface area contributed by atoms with Gasteiger partial charge in [-0.25, -0.2) is 0 Å². The minimum atomic E-state index is -0.176. The van der Waals surface area contributed by atoms with E-state index in [9.17, 15) is 9.59 Å². The first-order chi connectivity index (χ1) is 14.1. The molecule has 0 bridgehead atoms. The van der Waals surface area contributed by atoms with E-state index >= 15 is 0 Å². The molecule has 0 radical (unpaired) electrons. The van der Waals surface area contributed by atoms with Crippen LogP contribution in [0.5, 0.6) is 5.75 Å². The number of carbonyl (C=O) groups is 2. The van der Waals surface area contributed by atoms with Gasteiger partial charge in [0.15, 0.2) is 0 Å². The largest absolute Gasteiger partial charge is 0.490 e. The summed E-state index contributed by atoms with van der Waals surface area (Å²) in [5.74, 6) is 1.81. The van der Waals surface area contributed by atoms with Crippen molar-refractivity contribution in [1.29, 1.82) is 0 Å². The van der Waals surface area contributed by atoms with Crippen LogP contribution in [0.1, 0.15) is 32.1 Å². The highest BCUT2D eigenvalue weighted by molar-refractivity contribution is 5.89. The van der Waals surface area contributed by atoms with Crippen molar-refractivity contribution in [3.63, 3.8) is 0 Å². The number of ether oxygens (including phenoxy) is 1. The summed E-state index contributed by atoms with van der Waals surface area (Å²) >= 11 is 0.